The molecule has 138 valence electrons. The zero-order chi connectivity index (χ0) is 18.8. The highest BCUT2D eigenvalue weighted by Gasteiger charge is 2.28. The fraction of sp³-hybridized carbons (Fsp3) is 0.316. The van der Waals surface area contributed by atoms with Gasteiger partial charge in [-0.15, -0.1) is 0 Å². The molecule has 3 aromatic heterocycles. The van der Waals surface area contributed by atoms with Crippen molar-refractivity contribution in [1.29, 1.82) is 0 Å². The lowest BCUT2D eigenvalue weighted by atomic mass is 10.1. The molecule has 0 aromatic carbocycles. The summed E-state index contributed by atoms with van der Waals surface area (Å²) < 4.78 is 11.1. The largest absolute Gasteiger partial charge is 0.368 e. The summed E-state index contributed by atoms with van der Waals surface area (Å²) >= 11 is 0. The van der Waals surface area contributed by atoms with Crippen LogP contribution in [0.15, 0.2) is 41.3 Å². The van der Waals surface area contributed by atoms with Gasteiger partial charge in [-0.25, -0.2) is 15.0 Å². The summed E-state index contributed by atoms with van der Waals surface area (Å²) in [7, 11) is 0. The van der Waals surface area contributed by atoms with Crippen molar-refractivity contribution < 1.29 is 14.1 Å². The molecule has 0 radical (unpaired) electrons. The predicted octanol–water partition coefficient (Wildman–Crippen LogP) is 2.36. The third-order valence-electron chi connectivity index (χ3n) is 4.54. The SMILES string of the molecule is Cc1noc(C)c1-c1cccc(C2CN(C(=O)c3ccncn3)CCO2)n1. The van der Waals surface area contributed by atoms with Crippen molar-refractivity contribution in [2.75, 3.05) is 19.7 Å². The van der Waals surface area contributed by atoms with Crippen molar-refractivity contribution in [3.63, 3.8) is 0 Å². The number of morpholine rings is 1. The molecule has 1 fully saturated rings. The van der Waals surface area contributed by atoms with E-state index in [1.807, 2.05) is 32.0 Å². The highest BCUT2D eigenvalue weighted by molar-refractivity contribution is 5.92. The Morgan fingerprint density at radius 3 is 2.89 bits per heavy atom. The standard InChI is InChI=1S/C19H19N5O3/c1-12-18(13(2)27-23-12)15-5-3-4-14(22-15)17-10-24(8-9-26-17)19(25)16-6-7-20-11-21-16/h3-7,11,17H,8-10H2,1-2H3. The molecule has 27 heavy (non-hydrogen) atoms. The fourth-order valence-corrected chi connectivity index (χ4v) is 3.21. The minimum absolute atomic E-state index is 0.132. The first-order chi connectivity index (χ1) is 13.1. The van der Waals surface area contributed by atoms with Crippen LogP contribution in [0.25, 0.3) is 11.3 Å². The van der Waals surface area contributed by atoms with Crippen LogP contribution in [0, 0.1) is 13.8 Å². The van der Waals surface area contributed by atoms with Crippen molar-refractivity contribution in [3.8, 4) is 11.3 Å². The van der Waals surface area contributed by atoms with Gasteiger partial charge in [0.05, 0.1) is 35.8 Å². The van der Waals surface area contributed by atoms with Gasteiger partial charge in [0.1, 0.15) is 23.9 Å². The van der Waals surface area contributed by atoms with Gasteiger partial charge in [0, 0.05) is 12.7 Å². The number of hydrogen-bond donors (Lipinski definition) is 0. The summed E-state index contributed by atoms with van der Waals surface area (Å²) in [4.78, 5) is 27.0. The molecule has 1 amide bonds. The third-order valence-corrected chi connectivity index (χ3v) is 4.54. The highest BCUT2D eigenvalue weighted by Crippen LogP contribution is 2.28. The van der Waals surface area contributed by atoms with Crippen molar-refractivity contribution in [2.45, 2.75) is 20.0 Å². The first kappa shape index (κ1) is 17.3. The monoisotopic (exact) mass is 365 g/mol. The Morgan fingerprint density at radius 1 is 1.26 bits per heavy atom. The number of carbonyl (C=O) groups excluding carboxylic acids is 1. The Labute approximate surface area is 156 Å². The van der Waals surface area contributed by atoms with Crippen LogP contribution in [0.3, 0.4) is 0 Å². The Morgan fingerprint density at radius 2 is 2.15 bits per heavy atom. The van der Waals surface area contributed by atoms with Gasteiger partial charge in [-0.2, -0.15) is 0 Å². The molecule has 8 nitrogen and oxygen atoms in total. The zero-order valence-corrected chi connectivity index (χ0v) is 15.1. The molecule has 3 aromatic rings. The quantitative estimate of drug-likeness (QED) is 0.703. The summed E-state index contributed by atoms with van der Waals surface area (Å²) in [5.41, 5.74) is 3.62. The van der Waals surface area contributed by atoms with Gasteiger partial charge in [0.2, 0.25) is 0 Å². The Hall–Kier alpha value is -3.13. The van der Waals surface area contributed by atoms with Crippen molar-refractivity contribution in [3.05, 3.63) is 59.6 Å². The van der Waals surface area contributed by atoms with E-state index < -0.39 is 0 Å². The number of rotatable bonds is 3. The molecule has 0 aliphatic carbocycles. The fourth-order valence-electron chi connectivity index (χ4n) is 3.21. The number of carbonyl (C=O) groups is 1. The van der Waals surface area contributed by atoms with E-state index in [2.05, 4.69) is 15.1 Å². The van der Waals surface area contributed by atoms with Crippen LogP contribution in [0.2, 0.25) is 0 Å². The summed E-state index contributed by atoms with van der Waals surface area (Å²) in [5.74, 6) is 0.592. The second-order valence-corrected chi connectivity index (χ2v) is 6.35. The second kappa shape index (κ2) is 7.24. The zero-order valence-electron chi connectivity index (χ0n) is 15.1. The van der Waals surface area contributed by atoms with Gasteiger partial charge in [0.15, 0.2) is 0 Å². The topological polar surface area (TPSA) is 94.2 Å². The lowest BCUT2D eigenvalue weighted by Gasteiger charge is -2.32. The average molecular weight is 365 g/mol. The Balaban J connectivity index is 1.57. The van der Waals surface area contributed by atoms with E-state index in [0.29, 0.717) is 25.4 Å². The molecule has 1 unspecified atom stereocenters. The highest BCUT2D eigenvalue weighted by atomic mass is 16.5. The molecule has 1 saturated heterocycles. The van der Waals surface area contributed by atoms with Crippen molar-refractivity contribution in [1.82, 2.24) is 25.0 Å². The number of ether oxygens (including phenoxy) is 1. The van der Waals surface area contributed by atoms with Gasteiger partial charge < -0.3 is 14.2 Å². The van der Waals surface area contributed by atoms with E-state index in [9.17, 15) is 4.79 Å². The first-order valence-electron chi connectivity index (χ1n) is 8.70. The lowest BCUT2D eigenvalue weighted by molar-refractivity contribution is -0.0248. The van der Waals surface area contributed by atoms with E-state index >= 15 is 0 Å². The van der Waals surface area contributed by atoms with Crippen LogP contribution in [-0.2, 0) is 4.74 Å². The average Bonchev–Trinajstić information content (AvgIpc) is 3.06. The summed E-state index contributed by atoms with van der Waals surface area (Å²) in [6.45, 7) is 5.13. The maximum absolute atomic E-state index is 12.7. The van der Waals surface area contributed by atoms with Gasteiger partial charge in [-0.05, 0) is 32.0 Å². The number of pyridine rings is 1. The molecule has 0 spiro atoms. The minimum Gasteiger partial charge on any atom is -0.368 e. The summed E-state index contributed by atoms with van der Waals surface area (Å²) in [5, 5.41) is 3.99. The van der Waals surface area contributed by atoms with E-state index in [1.165, 1.54) is 6.33 Å². The second-order valence-electron chi connectivity index (χ2n) is 6.35. The molecular formula is C19H19N5O3. The van der Waals surface area contributed by atoms with E-state index in [1.54, 1.807) is 17.2 Å². The number of aryl methyl sites for hydroxylation is 2. The normalized spacial score (nSPS) is 17.1. The van der Waals surface area contributed by atoms with Crippen LogP contribution < -0.4 is 0 Å². The van der Waals surface area contributed by atoms with Crippen LogP contribution in [0.1, 0.15) is 33.7 Å². The van der Waals surface area contributed by atoms with Crippen LogP contribution in [0.4, 0.5) is 0 Å². The third kappa shape index (κ3) is 3.43. The van der Waals surface area contributed by atoms with Crippen LogP contribution in [0.5, 0.6) is 0 Å². The molecular weight excluding hydrogens is 346 g/mol. The van der Waals surface area contributed by atoms with Crippen LogP contribution in [-0.4, -0.2) is 50.6 Å². The Bertz CT molecular complexity index is 937. The van der Waals surface area contributed by atoms with Gasteiger partial charge >= 0.3 is 0 Å². The Kier molecular flexibility index (Phi) is 4.64. The van der Waals surface area contributed by atoms with E-state index in [4.69, 9.17) is 14.2 Å². The lowest BCUT2D eigenvalue weighted by Crippen LogP contribution is -2.42. The molecule has 8 heteroatoms. The molecule has 1 aliphatic heterocycles. The van der Waals surface area contributed by atoms with Gasteiger partial charge in [-0.1, -0.05) is 11.2 Å². The molecule has 4 heterocycles. The summed E-state index contributed by atoms with van der Waals surface area (Å²) in [6.07, 6.45) is 2.64. The van der Waals surface area contributed by atoms with Gasteiger partial charge in [-0.3, -0.25) is 4.79 Å². The van der Waals surface area contributed by atoms with Crippen LogP contribution >= 0.6 is 0 Å². The molecule has 0 bridgehead atoms. The molecule has 1 aliphatic rings. The number of nitrogens with zero attached hydrogens (tertiary/aromatic N) is 5. The number of amides is 1. The summed E-state index contributed by atoms with van der Waals surface area (Å²) in [6, 6.07) is 7.37. The number of aromatic nitrogens is 4. The maximum atomic E-state index is 12.7. The molecule has 0 saturated carbocycles. The first-order valence-corrected chi connectivity index (χ1v) is 8.70. The molecule has 1 atom stereocenters. The minimum atomic E-state index is -0.301. The smallest absolute Gasteiger partial charge is 0.272 e. The van der Waals surface area contributed by atoms with E-state index in [-0.39, 0.29) is 12.0 Å². The number of hydrogen-bond acceptors (Lipinski definition) is 7. The van der Waals surface area contributed by atoms with Crippen molar-refractivity contribution >= 4 is 5.91 Å². The van der Waals surface area contributed by atoms with Crippen molar-refractivity contribution in [2.24, 2.45) is 0 Å². The molecule has 0 N–H and O–H groups in total. The maximum Gasteiger partial charge on any atom is 0.272 e. The van der Waals surface area contributed by atoms with Gasteiger partial charge in [0.25, 0.3) is 5.91 Å². The predicted molar refractivity (Wildman–Crippen MR) is 95.8 cm³/mol. The molecule has 4 rings (SSSR count). The van der Waals surface area contributed by atoms with E-state index in [0.717, 1.165) is 28.4 Å².